The summed E-state index contributed by atoms with van der Waals surface area (Å²) in [5, 5.41) is 12.8. The van der Waals surface area contributed by atoms with Gasteiger partial charge >= 0.3 is 12.3 Å². The first-order chi connectivity index (χ1) is 15.2. The first-order valence-electron chi connectivity index (χ1n) is 9.94. The van der Waals surface area contributed by atoms with E-state index < -0.39 is 30.4 Å². The van der Waals surface area contributed by atoms with Crippen molar-refractivity contribution in [2.45, 2.75) is 39.0 Å². The normalized spacial score (nSPS) is 15.8. The monoisotopic (exact) mass is 452 g/mol. The van der Waals surface area contributed by atoms with Gasteiger partial charge in [0.25, 0.3) is 0 Å². The van der Waals surface area contributed by atoms with Crippen LogP contribution in [0, 0.1) is 0 Å². The molecule has 1 aromatic carbocycles. The highest BCUT2D eigenvalue weighted by Crippen LogP contribution is 2.49. The zero-order valence-corrected chi connectivity index (χ0v) is 17.7. The summed E-state index contributed by atoms with van der Waals surface area (Å²) >= 11 is 0. The molecule has 1 unspecified atom stereocenters. The fraction of sp³-hybridized carbons (Fsp3) is 0.364. The average molecular weight is 452 g/mol. The zero-order chi connectivity index (χ0) is 23.5. The summed E-state index contributed by atoms with van der Waals surface area (Å²) in [5.41, 5.74) is -0.462. The maximum atomic E-state index is 13.9. The van der Waals surface area contributed by atoms with Crippen LogP contribution in [-0.4, -0.2) is 35.6 Å². The Bertz CT molecular complexity index is 1020. The lowest BCUT2D eigenvalue weighted by Gasteiger charge is -2.32. The summed E-state index contributed by atoms with van der Waals surface area (Å²) in [5.74, 6) is -1.40. The van der Waals surface area contributed by atoms with E-state index in [4.69, 9.17) is 14.2 Å². The maximum absolute atomic E-state index is 13.9. The van der Waals surface area contributed by atoms with Gasteiger partial charge in [-0.15, -0.1) is 0 Å². The summed E-state index contributed by atoms with van der Waals surface area (Å²) in [7, 11) is 0. The number of anilines is 1. The molecule has 3 rings (SSSR count). The van der Waals surface area contributed by atoms with Crippen LogP contribution in [0.4, 0.5) is 23.7 Å². The number of aliphatic hydroxyl groups excluding tert-OH is 1. The van der Waals surface area contributed by atoms with E-state index in [0.717, 1.165) is 6.07 Å². The highest BCUT2D eigenvalue weighted by atomic mass is 19.4. The Morgan fingerprint density at radius 2 is 1.97 bits per heavy atom. The Balaban J connectivity index is 2.31. The van der Waals surface area contributed by atoms with Gasteiger partial charge in [-0.1, -0.05) is 18.2 Å². The van der Waals surface area contributed by atoms with Crippen molar-refractivity contribution in [1.82, 2.24) is 4.98 Å². The summed E-state index contributed by atoms with van der Waals surface area (Å²) in [4.78, 5) is 16.3. The van der Waals surface area contributed by atoms with Crippen molar-refractivity contribution in [3.05, 3.63) is 64.7 Å². The van der Waals surface area contributed by atoms with E-state index in [2.05, 4.69) is 10.3 Å². The Morgan fingerprint density at radius 3 is 2.59 bits per heavy atom. The van der Waals surface area contributed by atoms with E-state index >= 15 is 0 Å². The minimum atomic E-state index is -4.68. The van der Waals surface area contributed by atoms with Crippen LogP contribution in [0.5, 0.6) is 5.88 Å². The molecule has 0 fully saturated rings. The number of rotatable bonds is 6. The smallest absolute Gasteiger partial charge is 0.475 e. The lowest BCUT2D eigenvalue weighted by molar-refractivity contribution is -0.138. The second-order valence-corrected chi connectivity index (χ2v) is 7.17. The number of allylic oxidation sites excluding steroid dienone is 1. The molecular weight excluding hydrogens is 429 g/mol. The van der Waals surface area contributed by atoms with E-state index in [1.54, 1.807) is 26.8 Å². The molecule has 0 amide bonds. The van der Waals surface area contributed by atoms with Crippen molar-refractivity contribution in [3.63, 3.8) is 0 Å². The highest BCUT2D eigenvalue weighted by molar-refractivity contribution is 5.71. The molecule has 1 aliphatic heterocycles. The first kappa shape index (κ1) is 23.4. The minimum Gasteiger partial charge on any atom is -0.475 e. The zero-order valence-electron chi connectivity index (χ0n) is 17.7. The molecule has 1 aliphatic rings. The van der Waals surface area contributed by atoms with Crippen molar-refractivity contribution in [1.29, 1.82) is 0 Å². The van der Waals surface area contributed by atoms with Gasteiger partial charge in [0.15, 0.2) is 0 Å². The maximum Gasteiger partial charge on any atom is 0.513 e. The van der Waals surface area contributed by atoms with Crippen molar-refractivity contribution in [3.8, 4) is 5.88 Å². The number of nitrogens with zero attached hydrogens (tertiary/aromatic N) is 1. The van der Waals surface area contributed by atoms with Crippen LogP contribution in [0.3, 0.4) is 0 Å². The summed E-state index contributed by atoms with van der Waals surface area (Å²) in [6.45, 7) is 4.44. The van der Waals surface area contributed by atoms with Gasteiger partial charge in [-0.05, 0) is 38.5 Å². The summed E-state index contributed by atoms with van der Waals surface area (Å²) in [6, 6.07) is 6.50. The largest absolute Gasteiger partial charge is 0.513 e. The van der Waals surface area contributed by atoms with E-state index in [1.807, 2.05) is 0 Å². The molecule has 0 spiro atoms. The SMILES string of the molecule is CCOC(=O)OC1=C(CO)Nc2ccnc(OC(C)C)c2C1c1ccccc1C(F)(F)F. The number of nitrogens with one attached hydrogen (secondary N) is 1. The van der Waals surface area contributed by atoms with Crippen molar-refractivity contribution < 1.29 is 37.3 Å². The number of ether oxygens (including phenoxy) is 3. The van der Waals surface area contributed by atoms with Crippen LogP contribution in [0.2, 0.25) is 0 Å². The number of halogens is 3. The molecule has 2 aromatic rings. The van der Waals surface area contributed by atoms with Crippen LogP contribution in [-0.2, 0) is 15.7 Å². The van der Waals surface area contributed by atoms with Crippen LogP contribution in [0.1, 0.15) is 43.4 Å². The van der Waals surface area contributed by atoms with Gasteiger partial charge in [-0.3, -0.25) is 0 Å². The number of fused-ring (bicyclic) bond motifs is 1. The number of benzene rings is 1. The molecule has 172 valence electrons. The molecule has 0 saturated heterocycles. The number of carbonyl (C=O) groups excluding carboxylic acids is 1. The van der Waals surface area contributed by atoms with E-state index in [1.165, 1.54) is 24.4 Å². The van der Waals surface area contributed by atoms with Gasteiger partial charge in [-0.2, -0.15) is 13.2 Å². The summed E-state index contributed by atoms with van der Waals surface area (Å²) in [6.07, 6.45) is -4.69. The number of alkyl halides is 3. The van der Waals surface area contributed by atoms with Gasteiger partial charge < -0.3 is 24.6 Å². The fourth-order valence-electron chi connectivity index (χ4n) is 3.47. The first-order valence-corrected chi connectivity index (χ1v) is 9.94. The van der Waals surface area contributed by atoms with E-state index in [-0.39, 0.29) is 41.2 Å². The molecular formula is C22H23F3N2O5. The number of hydrogen-bond donors (Lipinski definition) is 2. The van der Waals surface area contributed by atoms with E-state index in [0.29, 0.717) is 5.69 Å². The molecule has 0 aliphatic carbocycles. The third kappa shape index (κ3) is 4.80. The lowest BCUT2D eigenvalue weighted by atomic mass is 9.83. The molecule has 1 atom stereocenters. The average Bonchev–Trinajstić information content (AvgIpc) is 2.72. The number of pyridine rings is 1. The third-order valence-electron chi connectivity index (χ3n) is 4.63. The van der Waals surface area contributed by atoms with Crippen molar-refractivity contribution >= 4 is 11.8 Å². The van der Waals surface area contributed by atoms with Crippen molar-refractivity contribution in [2.24, 2.45) is 0 Å². The standard InChI is InChI=1S/C22H23F3N2O5/c1-4-30-21(29)32-19-16(11-28)27-15-9-10-26-20(31-12(2)3)18(15)17(19)13-7-5-6-8-14(13)22(23,24)25/h5-10,12,17,27-28H,4,11H2,1-3H3. The Morgan fingerprint density at radius 1 is 1.25 bits per heavy atom. The number of aliphatic hydroxyl groups is 1. The Labute approximate surface area is 182 Å². The molecule has 2 N–H and O–H groups in total. The van der Waals surface area contributed by atoms with Crippen LogP contribution in [0.25, 0.3) is 0 Å². The minimum absolute atomic E-state index is 0.00232. The number of aromatic nitrogens is 1. The Kier molecular flexibility index (Phi) is 6.93. The fourth-order valence-corrected chi connectivity index (χ4v) is 3.47. The van der Waals surface area contributed by atoms with Gasteiger partial charge in [0.05, 0.1) is 42.1 Å². The molecule has 0 saturated carbocycles. The number of hydrogen-bond acceptors (Lipinski definition) is 7. The topological polar surface area (TPSA) is 89.9 Å². The van der Waals surface area contributed by atoms with Gasteiger partial charge in [-0.25, -0.2) is 9.78 Å². The van der Waals surface area contributed by atoms with Crippen LogP contribution < -0.4 is 10.1 Å². The molecule has 7 nitrogen and oxygen atoms in total. The second kappa shape index (κ2) is 9.47. The van der Waals surface area contributed by atoms with Crippen LogP contribution >= 0.6 is 0 Å². The van der Waals surface area contributed by atoms with Crippen molar-refractivity contribution in [2.75, 3.05) is 18.5 Å². The predicted octanol–water partition coefficient (Wildman–Crippen LogP) is 4.82. The molecule has 2 heterocycles. The molecule has 0 bridgehead atoms. The second-order valence-electron chi connectivity index (χ2n) is 7.17. The van der Waals surface area contributed by atoms with Gasteiger partial charge in [0.1, 0.15) is 5.76 Å². The lowest BCUT2D eigenvalue weighted by Crippen LogP contribution is -2.27. The summed E-state index contributed by atoms with van der Waals surface area (Å²) < 4.78 is 57.7. The Hall–Kier alpha value is -3.27. The quantitative estimate of drug-likeness (QED) is 0.607. The van der Waals surface area contributed by atoms with Gasteiger partial charge in [0.2, 0.25) is 5.88 Å². The van der Waals surface area contributed by atoms with E-state index in [9.17, 15) is 23.1 Å². The number of carbonyl (C=O) groups is 1. The highest BCUT2D eigenvalue weighted by Gasteiger charge is 2.42. The molecule has 1 aromatic heterocycles. The molecule has 10 heteroatoms. The molecule has 0 radical (unpaired) electrons. The molecule has 32 heavy (non-hydrogen) atoms. The van der Waals surface area contributed by atoms with Crippen LogP contribution in [0.15, 0.2) is 48.0 Å². The van der Waals surface area contributed by atoms with Gasteiger partial charge in [0, 0.05) is 11.9 Å². The predicted molar refractivity (Wildman–Crippen MR) is 109 cm³/mol. The third-order valence-corrected chi connectivity index (χ3v) is 4.63.